The van der Waals surface area contributed by atoms with Crippen molar-refractivity contribution in [2.45, 2.75) is 12.5 Å². The van der Waals surface area contributed by atoms with E-state index in [9.17, 15) is 9.59 Å². The quantitative estimate of drug-likeness (QED) is 0.673. The number of aromatic carboxylic acids is 1. The zero-order valence-electron chi connectivity index (χ0n) is 10.2. The minimum absolute atomic E-state index is 0.0474. The van der Waals surface area contributed by atoms with Crippen LogP contribution in [0.15, 0.2) is 5.38 Å². The number of amides is 1. The van der Waals surface area contributed by atoms with E-state index in [4.69, 9.17) is 9.84 Å². The number of nitrogens with one attached hydrogen (secondary N) is 2. The number of morpholine rings is 1. The molecule has 1 aromatic heterocycles. The number of hydrogen-bond acceptors (Lipinski definition) is 6. The Morgan fingerprint density at radius 1 is 1.63 bits per heavy atom. The first kappa shape index (κ1) is 13.9. The smallest absolute Gasteiger partial charge is 0.355 e. The Bertz CT molecular complexity index is 457. The van der Waals surface area contributed by atoms with Gasteiger partial charge in [-0.3, -0.25) is 4.79 Å². The van der Waals surface area contributed by atoms with Gasteiger partial charge in [-0.2, -0.15) is 0 Å². The molecule has 8 heteroatoms. The summed E-state index contributed by atoms with van der Waals surface area (Å²) in [6.07, 6.45) is 0.0729. The van der Waals surface area contributed by atoms with Crippen LogP contribution in [0.2, 0.25) is 0 Å². The SMILES string of the molecule is O=C(O)c1csc(CCNC(=O)C2CNCCO2)n1. The summed E-state index contributed by atoms with van der Waals surface area (Å²) < 4.78 is 5.31. The van der Waals surface area contributed by atoms with Crippen molar-refractivity contribution in [3.05, 3.63) is 16.1 Å². The predicted octanol–water partition coefficient (Wildman–Crippen LogP) is -0.512. The minimum Gasteiger partial charge on any atom is -0.476 e. The van der Waals surface area contributed by atoms with Crippen molar-refractivity contribution in [2.24, 2.45) is 0 Å². The van der Waals surface area contributed by atoms with Crippen LogP contribution in [0, 0.1) is 0 Å². The molecule has 1 saturated heterocycles. The zero-order chi connectivity index (χ0) is 13.7. The van der Waals surface area contributed by atoms with Crippen LogP contribution in [0.25, 0.3) is 0 Å². The number of carbonyl (C=O) groups excluding carboxylic acids is 1. The van der Waals surface area contributed by atoms with Crippen LogP contribution in [0.5, 0.6) is 0 Å². The van der Waals surface area contributed by atoms with Crippen LogP contribution in [-0.2, 0) is 16.0 Å². The third-order valence-corrected chi connectivity index (χ3v) is 3.54. The Morgan fingerprint density at radius 3 is 3.11 bits per heavy atom. The van der Waals surface area contributed by atoms with E-state index in [1.165, 1.54) is 16.7 Å². The molecule has 0 radical (unpaired) electrons. The Kier molecular flexibility index (Phi) is 4.83. The highest BCUT2D eigenvalue weighted by Crippen LogP contribution is 2.09. The molecule has 0 aliphatic carbocycles. The van der Waals surface area contributed by atoms with E-state index in [1.807, 2.05) is 0 Å². The minimum atomic E-state index is -1.03. The Labute approximate surface area is 114 Å². The highest BCUT2D eigenvalue weighted by atomic mass is 32.1. The van der Waals surface area contributed by atoms with Gasteiger partial charge >= 0.3 is 5.97 Å². The first-order chi connectivity index (χ1) is 9.16. The lowest BCUT2D eigenvalue weighted by Gasteiger charge is -2.22. The number of rotatable bonds is 5. The highest BCUT2D eigenvalue weighted by Gasteiger charge is 2.21. The molecule has 1 atom stereocenters. The molecule has 7 nitrogen and oxygen atoms in total. The van der Waals surface area contributed by atoms with Crippen LogP contribution < -0.4 is 10.6 Å². The summed E-state index contributed by atoms with van der Waals surface area (Å²) in [5, 5.41) is 16.8. The van der Waals surface area contributed by atoms with Crippen molar-refractivity contribution in [3.8, 4) is 0 Å². The van der Waals surface area contributed by atoms with E-state index in [1.54, 1.807) is 0 Å². The molecule has 19 heavy (non-hydrogen) atoms. The van der Waals surface area contributed by atoms with Crippen LogP contribution in [0.1, 0.15) is 15.5 Å². The summed E-state index contributed by atoms with van der Waals surface area (Å²) in [6.45, 7) is 2.24. The van der Waals surface area contributed by atoms with Gasteiger partial charge in [-0.25, -0.2) is 9.78 Å². The van der Waals surface area contributed by atoms with Crippen molar-refractivity contribution < 1.29 is 19.4 Å². The first-order valence-corrected chi connectivity index (χ1v) is 6.82. The molecule has 0 bridgehead atoms. The Balaban J connectivity index is 1.73. The van der Waals surface area contributed by atoms with Crippen molar-refractivity contribution >= 4 is 23.2 Å². The van der Waals surface area contributed by atoms with E-state index in [0.717, 1.165) is 6.54 Å². The molecule has 104 valence electrons. The zero-order valence-corrected chi connectivity index (χ0v) is 11.0. The van der Waals surface area contributed by atoms with Gasteiger partial charge in [0.25, 0.3) is 0 Å². The fraction of sp³-hybridized carbons (Fsp3) is 0.545. The average Bonchev–Trinajstić information content (AvgIpc) is 2.89. The summed E-state index contributed by atoms with van der Waals surface area (Å²) >= 11 is 1.28. The summed E-state index contributed by atoms with van der Waals surface area (Å²) in [4.78, 5) is 26.3. The van der Waals surface area contributed by atoms with Gasteiger partial charge in [0.2, 0.25) is 5.91 Å². The van der Waals surface area contributed by atoms with Gasteiger partial charge in [-0.05, 0) is 0 Å². The lowest BCUT2D eigenvalue weighted by Crippen LogP contribution is -2.48. The number of aromatic nitrogens is 1. The Hall–Kier alpha value is -1.51. The van der Waals surface area contributed by atoms with Gasteiger partial charge in [0, 0.05) is 31.4 Å². The van der Waals surface area contributed by atoms with Crippen molar-refractivity contribution in [1.82, 2.24) is 15.6 Å². The molecule has 2 heterocycles. The molecule has 1 aliphatic heterocycles. The summed E-state index contributed by atoms with van der Waals surface area (Å²) in [6, 6.07) is 0. The number of carbonyl (C=O) groups is 2. The number of ether oxygens (including phenoxy) is 1. The lowest BCUT2D eigenvalue weighted by atomic mass is 10.3. The van der Waals surface area contributed by atoms with Gasteiger partial charge < -0.3 is 20.5 Å². The molecular weight excluding hydrogens is 270 g/mol. The maximum Gasteiger partial charge on any atom is 0.355 e. The molecule has 3 N–H and O–H groups in total. The molecule has 0 saturated carbocycles. The summed E-state index contributed by atoms with van der Waals surface area (Å²) in [5.41, 5.74) is 0.0474. The highest BCUT2D eigenvalue weighted by molar-refractivity contribution is 7.09. The number of hydrogen-bond donors (Lipinski definition) is 3. The van der Waals surface area contributed by atoms with E-state index in [0.29, 0.717) is 31.1 Å². The van der Waals surface area contributed by atoms with E-state index in [-0.39, 0.29) is 11.6 Å². The topological polar surface area (TPSA) is 101 Å². The van der Waals surface area contributed by atoms with E-state index < -0.39 is 12.1 Å². The van der Waals surface area contributed by atoms with Gasteiger partial charge in [0.1, 0.15) is 6.10 Å². The van der Waals surface area contributed by atoms with Crippen molar-refractivity contribution in [2.75, 3.05) is 26.2 Å². The maximum atomic E-state index is 11.7. The normalized spacial score (nSPS) is 19.1. The number of carboxylic acid groups (broad SMARTS) is 1. The van der Waals surface area contributed by atoms with Gasteiger partial charge in [-0.15, -0.1) is 11.3 Å². The lowest BCUT2D eigenvalue weighted by molar-refractivity contribution is -0.134. The molecular formula is C11H15N3O4S. The van der Waals surface area contributed by atoms with Crippen molar-refractivity contribution in [1.29, 1.82) is 0 Å². The maximum absolute atomic E-state index is 11.7. The largest absolute Gasteiger partial charge is 0.476 e. The number of thiazole rings is 1. The van der Waals surface area contributed by atoms with Gasteiger partial charge in [0.05, 0.1) is 11.6 Å². The monoisotopic (exact) mass is 285 g/mol. The molecule has 1 amide bonds. The average molecular weight is 285 g/mol. The molecule has 1 fully saturated rings. The molecule has 1 unspecified atom stereocenters. The van der Waals surface area contributed by atoms with E-state index in [2.05, 4.69) is 15.6 Å². The van der Waals surface area contributed by atoms with Crippen LogP contribution in [-0.4, -0.2) is 54.3 Å². The second-order valence-electron chi connectivity index (χ2n) is 4.04. The molecule has 2 rings (SSSR count). The van der Waals surface area contributed by atoms with Gasteiger partial charge in [-0.1, -0.05) is 0 Å². The Morgan fingerprint density at radius 2 is 2.47 bits per heavy atom. The number of carboxylic acids is 1. The van der Waals surface area contributed by atoms with Crippen LogP contribution in [0.3, 0.4) is 0 Å². The first-order valence-electron chi connectivity index (χ1n) is 5.94. The second kappa shape index (κ2) is 6.60. The van der Waals surface area contributed by atoms with Crippen molar-refractivity contribution in [3.63, 3.8) is 0 Å². The molecule has 0 aromatic carbocycles. The fourth-order valence-corrected chi connectivity index (χ4v) is 2.44. The second-order valence-corrected chi connectivity index (χ2v) is 4.98. The third-order valence-electron chi connectivity index (χ3n) is 2.63. The molecule has 1 aromatic rings. The van der Waals surface area contributed by atoms with Crippen LogP contribution in [0.4, 0.5) is 0 Å². The molecule has 0 spiro atoms. The summed E-state index contributed by atoms with van der Waals surface area (Å²) in [5.74, 6) is -1.18. The third kappa shape index (κ3) is 3.98. The van der Waals surface area contributed by atoms with E-state index >= 15 is 0 Å². The van der Waals surface area contributed by atoms with Gasteiger partial charge in [0.15, 0.2) is 5.69 Å². The van der Waals surface area contributed by atoms with Crippen LogP contribution >= 0.6 is 11.3 Å². The molecule has 1 aliphatic rings. The fourth-order valence-electron chi connectivity index (χ4n) is 1.66. The standard InChI is InChI=1S/C11H15N3O4S/c15-10(8-5-12-3-4-18-8)13-2-1-9-14-7(6-19-9)11(16)17/h6,8,12H,1-5H2,(H,13,15)(H,16,17). The number of nitrogens with zero attached hydrogens (tertiary/aromatic N) is 1. The summed E-state index contributed by atoms with van der Waals surface area (Å²) in [7, 11) is 0. The predicted molar refractivity (Wildman–Crippen MR) is 68.4 cm³/mol.